The number of hydrogen-bond donors (Lipinski definition) is 0. The fourth-order valence-corrected chi connectivity index (χ4v) is 0.386. The molecule has 1 amide bonds. The standard InChI is InChI=1S/C5H7F4NO2/c1-10(12-2)4(11)5(8,9)3(6)7/h3H,1-2H3. The fourth-order valence-electron chi connectivity index (χ4n) is 0.386. The molecule has 0 radical (unpaired) electrons. The highest BCUT2D eigenvalue weighted by Crippen LogP contribution is 2.24. The van der Waals surface area contributed by atoms with Gasteiger partial charge in [0.1, 0.15) is 0 Å². The normalized spacial score (nSPS) is 11.9. The van der Waals surface area contributed by atoms with Crippen LogP contribution in [0.15, 0.2) is 0 Å². The highest BCUT2D eigenvalue weighted by molar-refractivity contribution is 5.82. The van der Waals surface area contributed by atoms with Crippen LogP contribution in [0.3, 0.4) is 0 Å². The van der Waals surface area contributed by atoms with Crippen LogP contribution in [-0.2, 0) is 9.63 Å². The van der Waals surface area contributed by atoms with E-state index in [1.807, 2.05) is 0 Å². The first-order valence-corrected chi connectivity index (χ1v) is 2.82. The molecule has 3 nitrogen and oxygen atoms in total. The second kappa shape index (κ2) is 3.70. The van der Waals surface area contributed by atoms with Gasteiger partial charge in [0.25, 0.3) is 0 Å². The first-order valence-electron chi connectivity index (χ1n) is 2.82. The van der Waals surface area contributed by atoms with E-state index in [2.05, 4.69) is 4.84 Å². The third-order valence-electron chi connectivity index (χ3n) is 1.12. The Balaban J connectivity index is 4.46. The molecule has 12 heavy (non-hydrogen) atoms. The minimum absolute atomic E-state index is 0.0478. The summed E-state index contributed by atoms with van der Waals surface area (Å²) in [5.74, 6) is -6.76. The summed E-state index contributed by atoms with van der Waals surface area (Å²) in [4.78, 5) is 14.4. The molecule has 0 saturated carbocycles. The van der Waals surface area contributed by atoms with Crippen molar-refractivity contribution in [3.63, 3.8) is 0 Å². The largest absolute Gasteiger partial charge is 0.385 e. The van der Waals surface area contributed by atoms with E-state index in [1.54, 1.807) is 0 Å². The molecule has 0 bridgehead atoms. The maximum absolute atomic E-state index is 12.2. The Labute approximate surface area is 65.9 Å². The predicted octanol–water partition coefficient (Wildman–Crippen LogP) is 0.907. The predicted molar refractivity (Wildman–Crippen MR) is 30.7 cm³/mol. The van der Waals surface area contributed by atoms with Crippen LogP contribution in [0, 0.1) is 0 Å². The van der Waals surface area contributed by atoms with E-state index >= 15 is 0 Å². The number of hydroxylamine groups is 2. The van der Waals surface area contributed by atoms with Gasteiger partial charge in [0.05, 0.1) is 7.11 Å². The van der Waals surface area contributed by atoms with Gasteiger partial charge < -0.3 is 0 Å². The molecule has 0 aromatic heterocycles. The van der Waals surface area contributed by atoms with Crippen molar-refractivity contribution in [1.29, 1.82) is 0 Å². The molecule has 0 saturated heterocycles. The molecule has 0 fully saturated rings. The summed E-state index contributed by atoms with van der Waals surface area (Å²) in [6.07, 6.45) is -4.03. The molecule has 0 rings (SSSR count). The quantitative estimate of drug-likeness (QED) is 0.487. The molecule has 0 aromatic rings. The Morgan fingerprint density at radius 3 is 2.17 bits per heavy atom. The molecular formula is C5H7F4NO2. The molecule has 0 spiro atoms. The van der Waals surface area contributed by atoms with E-state index < -0.39 is 18.3 Å². The third-order valence-corrected chi connectivity index (χ3v) is 1.12. The molecule has 0 heterocycles. The molecule has 72 valence electrons. The Morgan fingerprint density at radius 1 is 1.50 bits per heavy atom. The smallest absolute Gasteiger partial charge is 0.274 e. The highest BCUT2D eigenvalue weighted by Gasteiger charge is 2.50. The number of rotatable bonds is 3. The van der Waals surface area contributed by atoms with Gasteiger partial charge in [-0.3, -0.25) is 9.63 Å². The minimum Gasteiger partial charge on any atom is -0.274 e. The number of hydrogen-bond acceptors (Lipinski definition) is 2. The van der Waals surface area contributed by atoms with Gasteiger partial charge in [0.15, 0.2) is 0 Å². The van der Waals surface area contributed by atoms with Gasteiger partial charge in [-0.1, -0.05) is 0 Å². The number of alkyl halides is 4. The Kier molecular flexibility index (Phi) is 3.44. The summed E-state index contributed by atoms with van der Waals surface area (Å²) in [6.45, 7) is 0. The minimum atomic E-state index is -4.69. The molecule has 0 N–H and O–H groups in total. The molecule has 0 atom stereocenters. The van der Waals surface area contributed by atoms with Crippen molar-refractivity contribution in [1.82, 2.24) is 5.06 Å². The Hall–Kier alpha value is -0.850. The molecule has 0 aliphatic carbocycles. The zero-order valence-electron chi connectivity index (χ0n) is 6.35. The van der Waals surface area contributed by atoms with Crippen molar-refractivity contribution in [2.24, 2.45) is 0 Å². The van der Waals surface area contributed by atoms with Crippen molar-refractivity contribution < 1.29 is 27.2 Å². The second-order valence-corrected chi connectivity index (χ2v) is 1.91. The fraction of sp³-hybridized carbons (Fsp3) is 0.800. The van der Waals surface area contributed by atoms with Crippen molar-refractivity contribution >= 4 is 5.91 Å². The number of carbonyl (C=O) groups excluding carboxylic acids is 1. The molecular weight excluding hydrogens is 182 g/mol. The number of nitrogens with zero attached hydrogens (tertiary/aromatic N) is 1. The van der Waals surface area contributed by atoms with Crippen molar-refractivity contribution in [2.75, 3.05) is 14.2 Å². The zero-order valence-corrected chi connectivity index (χ0v) is 6.35. The summed E-state index contributed by atoms with van der Waals surface area (Å²) < 4.78 is 47.3. The molecule has 0 aliphatic heterocycles. The Morgan fingerprint density at radius 2 is 1.92 bits per heavy atom. The van der Waals surface area contributed by atoms with Crippen molar-refractivity contribution in [3.05, 3.63) is 0 Å². The average molecular weight is 189 g/mol. The van der Waals surface area contributed by atoms with E-state index in [9.17, 15) is 22.4 Å². The van der Waals surface area contributed by atoms with E-state index in [-0.39, 0.29) is 5.06 Å². The summed E-state index contributed by atoms with van der Waals surface area (Å²) in [6, 6.07) is 0. The molecule has 0 unspecified atom stereocenters. The lowest BCUT2D eigenvalue weighted by Crippen LogP contribution is -2.45. The lowest BCUT2D eigenvalue weighted by molar-refractivity contribution is -0.212. The Bertz CT molecular complexity index is 173. The topological polar surface area (TPSA) is 29.5 Å². The van der Waals surface area contributed by atoms with E-state index in [4.69, 9.17) is 0 Å². The number of halogens is 4. The first-order chi connectivity index (χ1) is 5.34. The first kappa shape index (κ1) is 11.2. The van der Waals surface area contributed by atoms with Crippen molar-refractivity contribution in [3.8, 4) is 0 Å². The van der Waals surface area contributed by atoms with Gasteiger partial charge >= 0.3 is 18.3 Å². The zero-order chi connectivity index (χ0) is 9.94. The van der Waals surface area contributed by atoms with Gasteiger partial charge in [-0.05, 0) is 0 Å². The summed E-state index contributed by atoms with van der Waals surface area (Å²) in [5, 5.41) is 0.0478. The summed E-state index contributed by atoms with van der Waals surface area (Å²) >= 11 is 0. The lowest BCUT2D eigenvalue weighted by atomic mass is 10.3. The van der Waals surface area contributed by atoms with Crippen LogP contribution >= 0.6 is 0 Å². The SMILES string of the molecule is CON(C)C(=O)C(F)(F)C(F)F. The van der Waals surface area contributed by atoms with Gasteiger partial charge in [0.2, 0.25) is 0 Å². The van der Waals surface area contributed by atoms with Crippen LogP contribution in [0.2, 0.25) is 0 Å². The second-order valence-electron chi connectivity index (χ2n) is 1.91. The van der Waals surface area contributed by atoms with Crippen molar-refractivity contribution in [2.45, 2.75) is 12.3 Å². The molecule has 7 heteroatoms. The molecule has 0 aliphatic rings. The van der Waals surface area contributed by atoms with E-state index in [0.29, 0.717) is 0 Å². The third kappa shape index (κ3) is 2.07. The van der Waals surface area contributed by atoms with Crippen LogP contribution in [0.4, 0.5) is 17.6 Å². The van der Waals surface area contributed by atoms with Crippen LogP contribution in [0.25, 0.3) is 0 Å². The van der Waals surface area contributed by atoms with Gasteiger partial charge in [-0.15, -0.1) is 0 Å². The van der Waals surface area contributed by atoms with Crippen LogP contribution in [-0.4, -0.2) is 37.5 Å². The van der Waals surface area contributed by atoms with E-state index in [1.165, 1.54) is 0 Å². The van der Waals surface area contributed by atoms with Crippen LogP contribution in [0.1, 0.15) is 0 Å². The van der Waals surface area contributed by atoms with Crippen LogP contribution < -0.4 is 0 Å². The van der Waals surface area contributed by atoms with Gasteiger partial charge in [-0.25, -0.2) is 13.8 Å². The summed E-state index contributed by atoms with van der Waals surface area (Å²) in [5.41, 5.74) is 0. The maximum Gasteiger partial charge on any atom is 0.385 e. The van der Waals surface area contributed by atoms with Gasteiger partial charge in [0, 0.05) is 7.05 Å². The lowest BCUT2D eigenvalue weighted by Gasteiger charge is -2.19. The maximum atomic E-state index is 12.2. The molecule has 0 aromatic carbocycles. The van der Waals surface area contributed by atoms with E-state index in [0.717, 1.165) is 14.2 Å². The monoisotopic (exact) mass is 189 g/mol. The average Bonchev–Trinajstić information content (AvgIpc) is 2.01. The van der Waals surface area contributed by atoms with Crippen LogP contribution in [0.5, 0.6) is 0 Å². The highest BCUT2D eigenvalue weighted by atomic mass is 19.3. The van der Waals surface area contributed by atoms with Gasteiger partial charge in [-0.2, -0.15) is 8.78 Å². The summed E-state index contributed by atoms with van der Waals surface area (Å²) in [7, 11) is 1.73. The number of amides is 1. The number of carbonyl (C=O) groups is 1.